The molecule has 2 N–H and O–H groups in total. The molecule has 1 aliphatic rings. The van der Waals surface area contributed by atoms with Gasteiger partial charge in [0, 0.05) is 13.1 Å². The minimum Gasteiger partial charge on any atom is -0.346 e. The van der Waals surface area contributed by atoms with Crippen molar-refractivity contribution in [2.45, 2.75) is 36.2 Å². The molecular formula is C22H18F2N8O2S. The first kappa shape index (κ1) is 22.7. The van der Waals surface area contributed by atoms with E-state index in [9.17, 15) is 18.4 Å². The van der Waals surface area contributed by atoms with Crippen LogP contribution < -0.4 is 10.6 Å². The highest BCUT2D eigenvalue weighted by atomic mass is 32.2. The maximum Gasteiger partial charge on any atom is 0.274 e. The number of hydrogen-bond acceptors (Lipinski definition) is 7. The number of carbonyl (C=O) groups is 2. The van der Waals surface area contributed by atoms with Gasteiger partial charge in [-0.3, -0.25) is 9.59 Å². The number of fused-ring (bicyclic) bond motifs is 2. The maximum atomic E-state index is 13.4. The lowest BCUT2D eigenvalue weighted by Crippen LogP contribution is -2.24. The highest BCUT2D eigenvalue weighted by Gasteiger charge is 2.29. The van der Waals surface area contributed by atoms with E-state index in [2.05, 4.69) is 31.3 Å². The van der Waals surface area contributed by atoms with Gasteiger partial charge in [0.1, 0.15) is 21.7 Å². The van der Waals surface area contributed by atoms with E-state index in [4.69, 9.17) is 0 Å². The standard InChI is InChI=1S/C22H18F2N8O2S/c23-15-5-1-3-13(9-15)11-25-19(33)17-21-31(29-27-17)7-8-32-22(35-21)18(28-30-32)20(34)26-12-14-4-2-6-16(24)10-14/h1-6,9-10H,7-8,11-12H2,(H,25,33)(H,26,34). The Balaban J connectivity index is 1.32. The van der Waals surface area contributed by atoms with E-state index in [0.717, 1.165) is 11.8 Å². The van der Waals surface area contributed by atoms with Crippen molar-refractivity contribution in [1.82, 2.24) is 40.6 Å². The first-order chi connectivity index (χ1) is 17.0. The van der Waals surface area contributed by atoms with Gasteiger partial charge in [0.25, 0.3) is 11.8 Å². The van der Waals surface area contributed by atoms with Gasteiger partial charge in [0.15, 0.2) is 11.4 Å². The van der Waals surface area contributed by atoms with Gasteiger partial charge in [0.05, 0.1) is 13.1 Å². The summed E-state index contributed by atoms with van der Waals surface area (Å²) in [7, 11) is 0. The van der Waals surface area contributed by atoms with Crippen molar-refractivity contribution < 1.29 is 18.4 Å². The smallest absolute Gasteiger partial charge is 0.274 e. The molecule has 4 aromatic rings. The van der Waals surface area contributed by atoms with Crippen molar-refractivity contribution in [3.05, 3.63) is 82.7 Å². The third-order valence-electron chi connectivity index (χ3n) is 5.21. The van der Waals surface area contributed by atoms with Crippen LogP contribution >= 0.6 is 11.8 Å². The number of aryl methyl sites for hydroxylation is 2. The van der Waals surface area contributed by atoms with E-state index in [1.54, 1.807) is 33.6 Å². The molecule has 2 aromatic heterocycles. The molecule has 10 nitrogen and oxygen atoms in total. The van der Waals surface area contributed by atoms with Crippen LogP contribution in [0.15, 0.2) is 58.6 Å². The monoisotopic (exact) mass is 496 g/mol. The Hall–Kier alpha value is -4.13. The second kappa shape index (κ2) is 9.62. The Morgan fingerprint density at radius 2 is 1.26 bits per heavy atom. The van der Waals surface area contributed by atoms with Crippen LogP contribution in [0.25, 0.3) is 0 Å². The molecule has 13 heteroatoms. The molecule has 178 valence electrons. The highest BCUT2D eigenvalue weighted by molar-refractivity contribution is 7.99. The zero-order valence-electron chi connectivity index (χ0n) is 18.1. The molecule has 1 aliphatic heterocycles. The summed E-state index contributed by atoms with van der Waals surface area (Å²) >= 11 is 1.11. The van der Waals surface area contributed by atoms with Gasteiger partial charge in [-0.05, 0) is 47.2 Å². The SMILES string of the molecule is O=C(NCc1cccc(F)c1)c1nnn2c1Sc1c(C(=O)NCc3cccc(F)c3)nnn1CC2. The van der Waals surface area contributed by atoms with Gasteiger partial charge in [-0.15, -0.1) is 10.2 Å². The molecule has 0 atom stereocenters. The van der Waals surface area contributed by atoms with Crippen molar-refractivity contribution in [2.24, 2.45) is 0 Å². The second-order valence-electron chi connectivity index (χ2n) is 7.66. The average molecular weight is 497 g/mol. The van der Waals surface area contributed by atoms with Crippen LogP contribution in [0.5, 0.6) is 0 Å². The quantitative estimate of drug-likeness (QED) is 0.420. The fourth-order valence-electron chi connectivity index (χ4n) is 3.50. The molecular weight excluding hydrogens is 478 g/mol. The minimum absolute atomic E-state index is 0.0761. The van der Waals surface area contributed by atoms with E-state index < -0.39 is 23.4 Å². The third kappa shape index (κ3) is 4.89. The van der Waals surface area contributed by atoms with Gasteiger partial charge >= 0.3 is 0 Å². The second-order valence-corrected chi connectivity index (χ2v) is 8.64. The Morgan fingerprint density at radius 1 is 0.800 bits per heavy atom. The Kier molecular flexibility index (Phi) is 6.23. The molecule has 5 rings (SSSR count). The van der Waals surface area contributed by atoms with Gasteiger partial charge in [-0.2, -0.15) is 0 Å². The topological polar surface area (TPSA) is 120 Å². The lowest BCUT2D eigenvalue weighted by Gasteiger charge is -2.07. The zero-order chi connectivity index (χ0) is 24.4. The summed E-state index contributed by atoms with van der Waals surface area (Å²) in [5.41, 5.74) is 1.35. The number of halogens is 2. The molecule has 0 aliphatic carbocycles. The molecule has 0 saturated carbocycles. The van der Waals surface area contributed by atoms with Crippen LogP contribution in [0.3, 0.4) is 0 Å². The van der Waals surface area contributed by atoms with E-state index >= 15 is 0 Å². The Labute approximate surface area is 201 Å². The molecule has 0 unspecified atom stereocenters. The van der Waals surface area contributed by atoms with Crippen LogP contribution in [0.2, 0.25) is 0 Å². The predicted octanol–water partition coefficient (Wildman–Crippen LogP) is 2.17. The lowest BCUT2D eigenvalue weighted by atomic mass is 10.2. The van der Waals surface area contributed by atoms with Crippen molar-refractivity contribution >= 4 is 23.6 Å². The van der Waals surface area contributed by atoms with Crippen LogP contribution in [-0.2, 0) is 26.2 Å². The summed E-state index contributed by atoms with van der Waals surface area (Å²) in [5.74, 6) is -1.76. The number of nitrogens with one attached hydrogen (secondary N) is 2. The van der Waals surface area contributed by atoms with E-state index in [1.807, 2.05) is 0 Å². The van der Waals surface area contributed by atoms with Crippen LogP contribution in [0, 0.1) is 11.6 Å². The van der Waals surface area contributed by atoms with Gasteiger partial charge in [-0.1, -0.05) is 34.7 Å². The Morgan fingerprint density at radius 3 is 1.69 bits per heavy atom. The molecule has 0 spiro atoms. The summed E-state index contributed by atoms with van der Waals surface area (Å²) in [4.78, 5) is 25.6. The fraction of sp³-hybridized carbons (Fsp3) is 0.182. The molecule has 0 saturated heterocycles. The zero-order valence-corrected chi connectivity index (χ0v) is 18.9. The van der Waals surface area contributed by atoms with Crippen molar-refractivity contribution in [1.29, 1.82) is 0 Å². The number of nitrogens with zero attached hydrogens (tertiary/aromatic N) is 6. The molecule has 0 bridgehead atoms. The summed E-state index contributed by atoms with van der Waals surface area (Å²) in [5, 5.41) is 22.4. The van der Waals surface area contributed by atoms with Crippen molar-refractivity contribution in [2.75, 3.05) is 0 Å². The predicted molar refractivity (Wildman–Crippen MR) is 119 cm³/mol. The largest absolute Gasteiger partial charge is 0.346 e. The van der Waals surface area contributed by atoms with Gasteiger partial charge in [-0.25, -0.2) is 18.1 Å². The fourth-order valence-corrected chi connectivity index (χ4v) is 4.61. The highest BCUT2D eigenvalue weighted by Crippen LogP contribution is 2.33. The van der Waals surface area contributed by atoms with Gasteiger partial charge < -0.3 is 10.6 Å². The van der Waals surface area contributed by atoms with Gasteiger partial charge in [0.2, 0.25) is 0 Å². The van der Waals surface area contributed by atoms with E-state index in [1.165, 1.54) is 24.3 Å². The number of aromatic nitrogens is 6. The number of hydrogen-bond donors (Lipinski definition) is 2. The van der Waals surface area contributed by atoms with Crippen LogP contribution in [-0.4, -0.2) is 41.8 Å². The van der Waals surface area contributed by atoms with Crippen molar-refractivity contribution in [3.63, 3.8) is 0 Å². The molecule has 2 aromatic carbocycles. The average Bonchev–Trinajstić information content (AvgIpc) is 3.40. The summed E-state index contributed by atoms with van der Waals surface area (Å²) in [6.45, 7) is 0.960. The summed E-state index contributed by atoms with van der Waals surface area (Å²) in [6.07, 6.45) is 0. The summed E-state index contributed by atoms with van der Waals surface area (Å²) < 4.78 is 29.9. The molecule has 2 amide bonds. The normalized spacial score (nSPS) is 12.4. The molecule has 3 heterocycles. The number of rotatable bonds is 6. The third-order valence-corrected chi connectivity index (χ3v) is 6.41. The van der Waals surface area contributed by atoms with E-state index in [-0.39, 0.29) is 24.5 Å². The first-order valence-electron chi connectivity index (χ1n) is 10.6. The molecule has 0 radical (unpaired) electrons. The van der Waals surface area contributed by atoms with Crippen LogP contribution in [0.4, 0.5) is 8.78 Å². The minimum atomic E-state index is -0.485. The molecule has 35 heavy (non-hydrogen) atoms. The van der Waals surface area contributed by atoms with Crippen molar-refractivity contribution in [3.8, 4) is 0 Å². The maximum absolute atomic E-state index is 13.4. The Bertz CT molecular complexity index is 1310. The number of amides is 2. The van der Waals surface area contributed by atoms with E-state index in [0.29, 0.717) is 34.3 Å². The van der Waals surface area contributed by atoms with Crippen LogP contribution in [0.1, 0.15) is 32.1 Å². The first-order valence-corrected chi connectivity index (χ1v) is 11.4. The number of carbonyl (C=O) groups excluding carboxylic acids is 2. The lowest BCUT2D eigenvalue weighted by molar-refractivity contribution is 0.0935. The molecule has 0 fully saturated rings. The summed E-state index contributed by atoms with van der Waals surface area (Å²) in [6, 6.07) is 11.8. The number of benzene rings is 2.